The highest BCUT2D eigenvalue weighted by molar-refractivity contribution is 9.10. The first kappa shape index (κ1) is 38.0. The minimum atomic E-state index is -1.18. The van der Waals surface area contributed by atoms with Gasteiger partial charge in [0.25, 0.3) is 12.4 Å². The van der Waals surface area contributed by atoms with Crippen LogP contribution in [0, 0.1) is 5.82 Å². The van der Waals surface area contributed by atoms with E-state index in [0.717, 1.165) is 28.7 Å². The van der Waals surface area contributed by atoms with Crippen molar-refractivity contribution in [3.63, 3.8) is 0 Å². The zero-order chi connectivity index (χ0) is 36.5. The van der Waals surface area contributed by atoms with Crippen LogP contribution >= 0.6 is 27.5 Å². The van der Waals surface area contributed by atoms with Crippen LogP contribution in [0.4, 0.5) is 4.39 Å². The van der Waals surface area contributed by atoms with Gasteiger partial charge in [-0.25, -0.2) is 4.39 Å². The van der Waals surface area contributed by atoms with Gasteiger partial charge in [0.1, 0.15) is 17.7 Å². The fourth-order valence-corrected chi connectivity index (χ4v) is 7.14. The lowest BCUT2D eigenvalue weighted by Gasteiger charge is -2.45. The molecule has 2 bridgehead atoms. The number of aryl methyl sites for hydroxylation is 1. The first-order chi connectivity index (χ1) is 24.6. The Morgan fingerprint density at radius 1 is 1.12 bits per heavy atom. The van der Waals surface area contributed by atoms with Gasteiger partial charge in [0.05, 0.1) is 30.0 Å². The number of rotatable bonds is 16. The number of carbonyl (C=O) groups is 4. The number of fused-ring (bicyclic) bond motifs is 2. The molecule has 3 atom stereocenters. The molecule has 1 fully saturated rings. The molecule has 2 aliphatic heterocycles. The van der Waals surface area contributed by atoms with E-state index in [0.29, 0.717) is 59.9 Å². The summed E-state index contributed by atoms with van der Waals surface area (Å²) in [6.45, 7) is 3.73. The number of carboxylic acids is 1. The summed E-state index contributed by atoms with van der Waals surface area (Å²) < 4.78 is 25.0. The summed E-state index contributed by atoms with van der Waals surface area (Å²) in [6, 6.07) is 19.2. The molecule has 2 aliphatic rings. The third-order valence-electron chi connectivity index (χ3n) is 9.09. The van der Waals surface area contributed by atoms with Crippen LogP contribution in [-0.2, 0) is 36.9 Å². The van der Waals surface area contributed by atoms with Gasteiger partial charge in [-0.1, -0.05) is 54.1 Å². The van der Waals surface area contributed by atoms with Crippen molar-refractivity contribution < 1.29 is 38.1 Å². The molecule has 5 rings (SSSR count). The van der Waals surface area contributed by atoms with Crippen molar-refractivity contribution in [2.75, 3.05) is 26.2 Å². The van der Waals surface area contributed by atoms with Crippen LogP contribution in [-0.4, -0.2) is 83.6 Å². The summed E-state index contributed by atoms with van der Waals surface area (Å²) in [6.07, 6.45) is 0.0757. The second kappa shape index (κ2) is 17.8. The summed E-state index contributed by atoms with van der Waals surface area (Å²) in [4.78, 5) is 53.6. The highest BCUT2D eigenvalue weighted by atomic mass is 79.9. The van der Waals surface area contributed by atoms with Gasteiger partial charge >= 0.3 is 5.97 Å². The van der Waals surface area contributed by atoms with E-state index in [-0.39, 0.29) is 43.1 Å². The maximum atomic E-state index is 14.5. The van der Waals surface area contributed by atoms with E-state index in [1.54, 1.807) is 21.9 Å². The van der Waals surface area contributed by atoms with E-state index in [1.807, 2.05) is 49.4 Å². The molecule has 0 spiro atoms. The molecule has 0 saturated carbocycles. The lowest BCUT2D eigenvalue weighted by Crippen LogP contribution is -2.62. The predicted octanol–water partition coefficient (Wildman–Crippen LogP) is 6.03. The predicted molar refractivity (Wildman–Crippen MR) is 194 cm³/mol. The van der Waals surface area contributed by atoms with Gasteiger partial charge in [-0.2, -0.15) is 0 Å². The molecular formula is C38H40BrClFN3O7. The van der Waals surface area contributed by atoms with Gasteiger partial charge in [0.2, 0.25) is 5.91 Å². The van der Waals surface area contributed by atoms with Crippen LogP contribution in [0.1, 0.15) is 49.3 Å². The van der Waals surface area contributed by atoms with Crippen LogP contribution in [0.15, 0.2) is 76.8 Å². The normalized spacial score (nSPS) is 17.5. The second-order valence-electron chi connectivity index (χ2n) is 12.6. The quantitative estimate of drug-likeness (QED) is 0.133. The Hall–Kier alpha value is -4.26. The molecule has 1 saturated heterocycles. The smallest absolute Gasteiger partial charge is 0.307 e. The van der Waals surface area contributed by atoms with Gasteiger partial charge in [-0.05, 0) is 82.6 Å². The number of ether oxygens (including phenoxy) is 2. The lowest BCUT2D eigenvalue weighted by molar-refractivity contribution is -0.147. The number of carboxylic acid groups (broad SMARTS) is 1. The van der Waals surface area contributed by atoms with Crippen LogP contribution in [0.5, 0.6) is 5.75 Å². The Morgan fingerprint density at radius 3 is 2.59 bits per heavy atom. The standard InChI is InChI=1S/C38H40BrClFN3O7/c1-2-43(20-26-7-3-4-8-32(26)40)38(49)37-30(17-28-21-44(22-33(37)42-28)35(46)18-29(51-23-45)19-36(47)48)25-11-9-24(10-12-25)6-5-15-50-34-16-27(41)13-14-31(34)39/h3-4,7-14,16,23,28-29,33,42H,2,5-6,15,17-22H2,1H3,(H,47,48)/t28-,29+,33-/m1/s1. The topological polar surface area (TPSA) is 125 Å². The maximum Gasteiger partial charge on any atom is 0.307 e. The number of amides is 2. The number of halogens is 3. The van der Waals surface area contributed by atoms with Crippen molar-refractivity contribution in [2.45, 2.75) is 63.8 Å². The molecule has 2 heterocycles. The van der Waals surface area contributed by atoms with Crippen LogP contribution < -0.4 is 10.1 Å². The average molecular weight is 785 g/mol. The second-order valence-corrected chi connectivity index (χ2v) is 13.9. The van der Waals surface area contributed by atoms with Crippen LogP contribution in [0.3, 0.4) is 0 Å². The molecule has 51 heavy (non-hydrogen) atoms. The van der Waals surface area contributed by atoms with E-state index in [9.17, 15) is 28.7 Å². The fourth-order valence-electron chi connectivity index (χ4n) is 6.58. The summed E-state index contributed by atoms with van der Waals surface area (Å²) in [5, 5.41) is 13.3. The van der Waals surface area contributed by atoms with Gasteiger partial charge in [-0.3, -0.25) is 19.2 Å². The van der Waals surface area contributed by atoms with Crippen LogP contribution in [0.2, 0.25) is 5.02 Å². The summed E-state index contributed by atoms with van der Waals surface area (Å²) in [7, 11) is 0. The minimum Gasteiger partial charge on any atom is -0.492 e. The molecule has 10 nitrogen and oxygen atoms in total. The van der Waals surface area contributed by atoms with Crippen LogP contribution in [0.25, 0.3) is 5.57 Å². The van der Waals surface area contributed by atoms with Crippen molar-refractivity contribution in [1.82, 2.24) is 15.1 Å². The Kier molecular flexibility index (Phi) is 13.2. The van der Waals surface area contributed by atoms with Crippen molar-refractivity contribution in [1.29, 1.82) is 0 Å². The average Bonchev–Trinajstić information content (AvgIpc) is 3.10. The van der Waals surface area contributed by atoms with Gasteiger partial charge in [-0.15, -0.1) is 0 Å². The Bertz CT molecular complexity index is 1770. The summed E-state index contributed by atoms with van der Waals surface area (Å²) in [5.41, 5.74) is 4.27. The van der Waals surface area contributed by atoms with Crippen molar-refractivity contribution >= 4 is 57.4 Å². The first-order valence-electron chi connectivity index (χ1n) is 16.8. The van der Waals surface area contributed by atoms with Crippen molar-refractivity contribution in [3.8, 4) is 5.75 Å². The number of aliphatic carboxylic acids is 1. The number of nitrogens with zero attached hydrogens (tertiary/aromatic N) is 2. The molecule has 13 heteroatoms. The Morgan fingerprint density at radius 2 is 1.88 bits per heavy atom. The number of hydrogen-bond donors (Lipinski definition) is 2. The van der Waals surface area contributed by atoms with E-state index < -0.39 is 24.5 Å². The van der Waals surface area contributed by atoms with Crippen molar-refractivity contribution in [2.24, 2.45) is 0 Å². The number of benzene rings is 3. The molecule has 0 radical (unpaired) electrons. The molecule has 3 aromatic rings. The van der Waals surface area contributed by atoms with E-state index in [4.69, 9.17) is 21.1 Å². The molecular weight excluding hydrogens is 745 g/mol. The molecule has 2 N–H and O–H groups in total. The van der Waals surface area contributed by atoms with Gasteiger partial charge < -0.3 is 29.7 Å². The zero-order valence-electron chi connectivity index (χ0n) is 28.2. The third-order valence-corrected chi connectivity index (χ3v) is 10.1. The van der Waals surface area contributed by atoms with Gasteiger partial charge in [0, 0.05) is 48.9 Å². The van der Waals surface area contributed by atoms with E-state index in [1.165, 1.54) is 12.1 Å². The number of piperazine rings is 1. The molecule has 0 unspecified atom stereocenters. The lowest BCUT2D eigenvalue weighted by atomic mass is 9.82. The molecule has 0 aliphatic carbocycles. The third kappa shape index (κ3) is 9.96. The number of likely N-dealkylation sites (N-methyl/N-ethyl adjacent to an activating group) is 1. The summed E-state index contributed by atoms with van der Waals surface area (Å²) in [5.74, 6) is -1.61. The highest BCUT2D eigenvalue weighted by Crippen LogP contribution is 2.35. The monoisotopic (exact) mass is 783 g/mol. The molecule has 3 aromatic carbocycles. The SMILES string of the molecule is CCN(Cc1ccccc1Cl)C(=O)C1=C(c2ccc(CCCOc3cc(F)ccc3Br)cc2)C[C@@H]2CN(C(=O)C[C@@H](CC(=O)O)OC=O)C[C@H]1N2. The van der Waals surface area contributed by atoms with E-state index in [2.05, 4.69) is 21.2 Å². The molecule has 0 aromatic heterocycles. The van der Waals surface area contributed by atoms with Gasteiger partial charge in [0.15, 0.2) is 0 Å². The number of carbonyl (C=O) groups excluding carboxylic acids is 3. The largest absolute Gasteiger partial charge is 0.492 e. The minimum absolute atomic E-state index is 0.155. The van der Waals surface area contributed by atoms with Crippen molar-refractivity contribution in [3.05, 3.63) is 104 Å². The fraction of sp³-hybridized carbons (Fsp3) is 0.368. The molecule has 2 amide bonds. The molecule has 270 valence electrons. The zero-order valence-corrected chi connectivity index (χ0v) is 30.5. The summed E-state index contributed by atoms with van der Waals surface area (Å²) >= 11 is 9.86. The van der Waals surface area contributed by atoms with E-state index >= 15 is 0 Å². The number of nitrogens with one attached hydrogen (secondary N) is 1. The first-order valence-corrected chi connectivity index (χ1v) is 18.0. The highest BCUT2D eigenvalue weighted by Gasteiger charge is 2.41. The maximum absolute atomic E-state index is 14.5. The Balaban J connectivity index is 1.37. The number of hydrogen-bond acceptors (Lipinski definition) is 7. The Labute approximate surface area is 309 Å².